The summed E-state index contributed by atoms with van der Waals surface area (Å²) in [5, 5.41) is 5.94. The van der Waals surface area contributed by atoms with Gasteiger partial charge in [-0.15, -0.1) is 0 Å². The molecule has 0 saturated carbocycles. The molecule has 0 bridgehead atoms. The Kier molecular flexibility index (Phi) is 5.98. The van der Waals surface area contributed by atoms with Crippen molar-refractivity contribution in [1.82, 2.24) is 9.97 Å². The number of anilines is 3. The van der Waals surface area contributed by atoms with E-state index in [2.05, 4.69) is 20.6 Å². The van der Waals surface area contributed by atoms with Crippen LogP contribution in [0.5, 0.6) is 11.5 Å². The van der Waals surface area contributed by atoms with Crippen LogP contribution in [0.25, 0.3) is 0 Å². The molecule has 0 spiro atoms. The Morgan fingerprint density at radius 1 is 0.963 bits per heavy atom. The van der Waals surface area contributed by atoms with E-state index in [-0.39, 0.29) is 0 Å². The Morgan fingerprint density at radius 3 is 2.48 bits per heavy atom. The molecule has 3 aromatic rings. The third-order valence-corrected chi connectivity index (χ3v) is 3.56. The zero-order chi connectivity index (χ0) is 19.1. The Labute approximate surface area is 155 Å². The highest BCUT2D eigenvalue weighted by atomic mass is 19.2. The monoisotopic (exact) mass is 372 g/mol. The van der Waals surface area contributed by atoms with E-state index in [0.29, 0.717) is 30.6 Å². The average molecular weight is 372 g/mol. The fraction of sp³-hybridized carbons (Fsp3) is 0.158. The van der Waals surface area contributed by atoms with Crippen LogP contribution in [0.1, 0.15) is 0 Å². The summed E-state index contributed by atoms with van der Waals surface area (Å²) in [6, 6.07) is 12.4. The summed E-state index contributed by atoms with van der Waals surface area (Å²) < 4.78 is 36.9. The molecule has 0 atom stereocenters. The molecule has 8 heteroatoms. The Hall–Kier alpha value is -3.42. The zero-order valence-corrected chi connectivity index (χ0v) is 14.6. The van der Waals surface area contributed by atoms with Crippen LogP contribution in [0.4, 0.5) is 26.2 Å². The van der Waals surface area contributed by atoms with Crippen LogP contribution in [0.2, 0.25) is 0 Å². The maximum atomic E-state index is 13.3. The molecule has 6 nitrogen and oxygen atoms in total. The predicted octanol–water partition coefficient (Wildman–Crippen LogP) is 4.00. The zero-order valence-electron chi connectivity index (χ0n) is 14.6. The lowest BCUT2D eigenvalue weighted by atomic mass is 10.3. The number of aromatic nitrogens is 2. The molecule has 0 aliphatic rings. The molecule has 0 radical (unpaired) electrons. The van der Waals surface area contributed by atoms with Gasteiger partial charge >= 0.3 is 0 Å². The van der Waals surface area contributed by atoms with Gasteiger partial charge in [-0.05, 0) is 42.5 Å². The normalized spacial score (nSPS) is 10.3. The molecule has 2 N–H and O–H groups in total. The number of hydrogen-bond acceptors (Lipinski definition) is 6. The van der Waals surface area contributed by atoms with Crippen LogP contribution in [0.3, 0.4) is 0 Å². The number of nitrogens with one attached hydrogen (secondary N) is 2. The van der Waals surface area contributed by atoms with Gasteiger partial charge in [-0.3, -0.25) is 0 Å². The molecule has 0 unspecified atom stereocenters. The molecule has 0 fully saturated rings. The van der Waals surface area contributed by atoms with E-state index in [9.17, 15) is 8.78 Å². The SMILES string of the molecule is COc1ccc(OCCNc2nccc(Nc3ccc(F)c(F)c3)n2)cc1. The molecule has 0 saturated heterocycles. The number of methoxy groups -OCH3 is 1. The highest BCUT2D eigenvalue weighted by Gasteiger charge is 2.04. The number of rotatable bonds is 8. The van der Waals surface area contributed by atoms with Gasteiger partial charge in [-0.25, -0.2) is 13.8 Å². The highest BCUT2D eigenvalue weighted by molar-refractivity contribution is 5.56. The van der Waals surface area contributed by atoms with E-state index in [0.717, 1.165) is 23.6 Å². The minimum Gasteiger partial charge on any atom is -0.497 e. The maximum absolute atomic E-state index is 13.3. The number of ether oxygens (including phenoxy) is 2. The second kappa shape index (κ2) is 8.79. The average Bonchev–Trinajstić information content (AvgIpc) is 2.69. The molecule has 1 aromatic heterocycles. The summed E-state index contributed by atoms with van der Waals surface area (Å²) in [4.78, 5) is 8.38. The molecular formula is C19H18F2N4O2. The van der Waals surface area contributed by atoms with Crippen LogP contribution >= 0.6 is 0 Å². The van der Waals surface area contributed by atoms with Crippen molar-refractivity contribution in [3.63, 3.8) is 0 Å². The van der Waals surface area contributed by atoms with Gasteiger partial charge in [0.05, 0.1) is 13.7 Å². The first-order chi connectivity index (χ1) is 13.1. The number of nitrogens with zero attached hydrogens (tertiary/aromatic N) is 2. The van der Waals surface area contributed by atoms with Crippen molar-refractivity contribution in [2.45, 2.75) is 0 Å². The highest BCUT2D eigenvalue weighted by Crippen LogP contribution is 2.18. The summed E-state index contributed by atoms with van der Waals surface area (Å²) >= 11 is 0. The molecule has 0 amide bonds. The molecule has 140 valence electrons. The molecule has 0 aliphatic heterocycles. The van der Waals surface area contributed by atoms with E-state index in [4.69, 9.17) is 9.47 Å². The predicted molar refractivity (Wildman–Crippen MR) is 98.7 cm³/mol. The summed E-state index contributed by atoms with van der Waals surface area (Å²) in [6.07, 6.45) is 1.56. The van der Waals surface area contributed by atoms with Crippen LogP contribution < -0.4 is 20.1 Å². The standard InChI is InChI=1S/C19H18F2N4O2/c1-26-14-3-5-15(6-4-14)27-11-10-23-19-22-9-8-18(25-19)24-13-2-7-16(20)17(21)12-13/h2-9,12H,10-11H2,1H3,(H2,22,23,24,25). The Morgan fingerprint density at radius 2 is 1.74 bits per heavy atom. The van der Waals surface area contributed by atoms with E-state index in [1.54, 1.807) is 19.4 Å². The minimum absolute atomic E-state index is 0.390. The van der Waals surface area contributed by atoms with Crippen molar-refractivity contribution in [2.75, 3.05) is 30.9 Å². The summed E-state index contributed by atoms with van der Waals surface area (Å²) in [7, 11) is 1.61. The van der Waals surface area contributed by atoms with Gasteiger partial charge < -0.3 is 20.1 Å². The third-order valence-electron chi connectivity index (χ3n) is 3.56. The van der Waals surface area contributed by atoms with E-state index in [1.807, 2.05) is 24.3 Å². The van der Waals surface area contributed by atoms with Crippen LogP contribution in [-0.4, -0.2) is 30.2 Å². The van der Waals surface area contributed by atoms with Gasteiger partial charge in [-0.2, -0.15) is 4.98 Å². The second-order valence-corrected chi connectivity index (χ2v) is 5.47. The van der Waals surface area contributed by atoms with Crippen molar-refractivity contribution >= 4 is 17.5 Å². The first kappa shape index (κ1) is 18.4. The topological polar surface area (TPSA) is 68.3 Å². The molecule has 0 aliphatic carbocycles. The summed E-state index contributed by atoms with van der Waals surface area (Å²) in [5.41, 5.74) is 0.390. The van der Waals surface area contributed by atoms with Crippen molar-refractivity contribution in [3.05, 3.63) is 66.4 Å². The van der Waals surface area contributed by atoms with Crippen molar-refractivity contribution < 1.29 is 18.3 Å². The van der Waals surface area contributed by atoms with Crippen molar-refractivity contribution in [1.29, 1.82) is 0 Å². The van der Waals surface area contributed by atoms with E-state index in [1.165, 1.54) is 6.07 Å². The first-order valence-electron chi connectivity index (χ1n) is 8.20. The van der Waals surface area contributed by atoms with Crippen molar-refractivity contribution in [2.24, 2.45) is 0 Å². The largest absolute Gasteiger partial charge is 0.497 e. The third kappa shape index (κ3) is 5.27. The molecule has 1 heterocycles. The van der Waals surface area contributed by atoms with Crippen LogP contribution in [-0.2, 0) is 0 Å². The second-order valence-electron chi connectivity index (χ2n) is 5.47. The van der Waals surface area contributed by atoms with E-state index < -0.39 is 11.6 Å². The first-order valence-corrected chi connectivity index (χ1v) is 8.20. The van der Waals surface area contributed by atoms with E-state index >= 15 is 0 Å². The Bertz CT molecular complexity index is 891. The van der Waals surface area contributed by atoms with Gasteiger partial charge in [-0.1, -0.05) is 0 Å². The number of benzene rings is 2. The number of hydrogen-bond donors (Lipinski definition) is 2. The summed E-state index contributed by atoms with van der Waals surface area (Å²) in [6.45, 7) is 0.900. The lowest BCUT2D eigenvalue weighted by Gasteiger charge is -2.10. The summed E-state index contributed by atoms with van der Waals surface area (Å²) in [5.74, 6) is 0.507. The minimum atomic E-state index is -0.928. The quantitative estimate of drug-likeness (QED) is 0.583. The fourth-order valence-corrected chi connectivity index (χ4v) is 2.24. The van der Waals surface area contributed by atoms with Crippen LogP contribution in [0.15, 0.2) is 54.7 Å². The van der Waals surface area contributed by atoms with Crippen molar-refractivity contribution in [3.8, 4) is 11.5 Å². The van der Waals surface area contributed by atoms with Gasteiger partial charge in [0.1, 0.15) is 23.9 Å². The molecular weight excluding hydrogens is 354 g/mol. The van der Waals surface area contributed by atoms with Gasteiger partial charge in [0.15, 0.2) is 11.6 Å². The molecule has 2 aromatic carbocycles. The molecule has 27 heavy (non-hydrogen) atoms. The Balaban J connectivity index is 1.50. The van der Waals surface area contributed by atoms with Gasteiger partial charge in [0, 0.05) is 18.0 Å². The number of halogens is 2. The van der Waals surface area contributed by atoms with Gasteiger partial charge in [0.25, 0.3) is 0 Å². The lowest BCUT2D eigenvalue weighted by Crippen LogP contribution is -2.13. The lowest BCUT2D eigenvalue weighted by molar-refractivity contribution is 0.331. The molecule has 3 rings (SSSR count). The smallest absolute Gasteiger partial charge is 0.224 e. The van der Waals surface area contributed by atoms with Gasteiger partial charge in [0.2, 0.25) is 5.95 Å². The van der Waals surface area contributed by atoms with Crippen LogP contribution in [0, 0.1) is 11.6 Å². The fourth-order valence-electron chi connectivity index (χ4n) is 2.24. The maximum Gasteiger partial charge on any atom is 0.224 e.